The van der Waals surface area contributed by atoms with Crippen LogP contribution in [0.1, 0.15) is 58.9 Å². The van der Waals surface area contributed by atoms with Crippen LogP contribution in [0.3, 0.4) is 0 Å². The molecule has 0 bridgehead atoms. The van der Waals surface area contributed by atoms with Crippen molar-refractivity contribution in [3.63, 3.8) is 0 Å². The number of anilines is 3. The van der Waals surface area contributed by atoms with E-state index >= 15 is 0 Å². The van der Waals surface area contributed by atoms with E-state index in [2.05, 4.69) is 26.0 Å². The van der Waals surface area contributed by atoms with Crippen molar-refractivity contribution in [2.45, 2.75) is 32.7 Å². The molecule has 0 saturated heterocycles. The summed E-state index contributed by atoms with van der Waals surface area (Å²) in [5.74, 6) is -0.0272. The van der Waals surface area contributed by atoms with E-state index in [0.717, 1.165) is 50.7 Å². The smallest absolute Gasteiger partial charge is 0.337 e. The second kappa shape index (κ2) is 22.8. The number of nitrogens with zero attached hydrogens (tertiary/aromatic N) is 2. The molecule has 6 N–H and O–H groups in total. The number of benzene rings is 5. The average Bonchev–Trinajstić information content (AvgIpc) is 3.70. The molecule has 5 aromatic carbocycles. The molecule has 3 heterocycles. The molecular formula is C48H51N7O11. The zero-order chi connectivity index (χ0) is 47.2. The largest absolute Gasteiger partial charge is 0.497 e. The summed E-state index contributed by atoms with van der Waals surface area (Å²) in [4.78, 5) is 74.2. The molecule has 5 aromatic rings. The van der Waals surface area contributed by atoms with Crippen molar-refractivity contribution in [1.29, 1.82) is 0 Å². The fraction of sp³-hybridized carbons (Fsp3) is 0.250. The highest BCUT2D eigenvalue weighted by atomic mass is 16.5. The molecule has 0 aromatic heterocycles. The van der Waals surface area contributed by atoms with Gasteiger partial charge in [0.25, 0.3) is 5.91 Å². The first-order valence-corrected chi connectivity index (χ1v) is 20.7. The van der Waals surface area contributed by atoms with Crippen LogP contribution in [0.25, 0.3) is 0 Å². The maximum Gasteiger partial charge on any atom is 0.337 e. The fourth-order valence-corrected chi connectivity index (χ4v) is 7.34. The van der Waals surface area contributed by atoms with Crippen molar-refractivity contribution >= 4 is 52.6 Å². The van der Waals surface area contributed by atoms with Gasteiger partial charge in [-0.15, -0.1) is 0 Å². The SMILES string of the molecule is COC(=O)c1ccc2c(c1)CN(Cc1ccc(OC)cc1)CC(=O)N2.COC(=O)c1ccc2c(c1)CNCC(=O)N2.COc1ccc(CN2CC(=O)Nc3ccc(C(=O)NO)cc3C2)cc1. The molecule has 18 nitrogen and oxygen atoms in total. The maximum absolute atomic E-state index is 12.2. The van der Waals surface area contributed by atoms with Gasteiger partial charge in [0.15, 0.2) is 0 Å². The Bertz CT molecular complexity index is 2430. The number of esters is 2. The molecule has 0 radical (unpaired) electrons. The van der Waals surface area contributed by atoms with Gasteiger partial charge in [-0.2, -0.15) is 0 Å². The lowest BCUT2D eigenvalue weighted by atomic mass is 10.1. The zero-order valence-corrected chi connectivity index (χ0v) is 36.9. The van der Waals surface area contributed by atoms with Crippen LogP contribution >= 0.6 is 0 Å². The van der Waals surface area contributed by atoms with Crippen LogP contribution in [0.15, 0.2) is 103 Å². The third-order valence-corrected chi connectivity index (χ3v) is 10.6. The monoisotopic (exact) mass is 901 g/mol. The van der Waals surface area contributed by atoms with Gasteiger partial charge in [0, 0.05) is 55.3 Å². The Kier molecular flexibility index (Phi) is 16.5. The Morgan fingerprint density at radius 1 is 0.530 bits per heavy atom. The normalized spacial score (nSPS) is 14.3. The number of ether oxygens (including phenoxy) is 4. The van der Waals surface area contributed by atoms with Gasteiger partial charge >= 0.3 is 11.9 Å². The predicted molar refractivity (Wildman–Crippen MR) is 243 cm³/mol. The molecule has 3 aliphatic rings. The first kappa shape index (κ1) is 47.8. The van der Waals surface area contributed by atoms with Gasteiger partial charge in [-0.05, 0) is 107 Å². The summed E-state index contributed by atoms with van der Waals surface area (Å²) >= 11 is 0. The number of methoxy groups -OCH3 is 4. The second-order valence-electron chi connectivity index (χ2n) is 15.3. The Hall–Kier alpha value is -7.64. The summed E-state index contributed by atoms with van der Waals surface area (Å²) < 4.78 is 19.7. The Morgan fingerprint density at radius 2 is 0.939 bits per heavy atom. The fourth-order valence-electron chi connectivity index (χ4n) is 7.34. The molecule has 0 saturated carbocycles. The molecule has 3 aliphatic heterocycles. The molecule has 4 amide bonds. The Balaban J connectivity index is 0.000000168. The van der Waals surface area contributed by atoms with E-state index in [9.17, 15) is 28.8 Å². The van der Waals surface area contributed by atoms with Crippen molar-refractivity contribution in [2.24, 2.45) is 0 Å². The predicted octanol–water partition coefficient (Wildman–Crippen LogP) is 4.72. The summed E-state index contributed by atoms with van der Waals surface area (Å²) in [6.07, 6.45) is 0. The third-order valence-electron chi connectivity index (χ3n) is 10.6. The molecule has 0 aliphatic carbocycles. The first-order valence-electron chi connectivity index (χ1n) is 20.7. The number of fused-ring (bicyclic) bond motifs is 3. The molecule has 0 fully saturated rings. The lowest BCUT2D eigenvalue weighted by Crippen LogP contribution is -2.29. The minimum atomic E-state index is -0.583. The molecule has 66 heavy (non-hydrogen) atoms. The number of carbonyl (C=O) groups excluding carboxylic acids is 6. The lowest BCUT2D eigenvalue weighted by molar-refractivity contribution is -0.118. The summed E-state index contributed by atoms with van der Waals surface area (Å²) in [7, 11) is 5.94. The Labute approximate surface area is 381 Å². The van der Waals surface area contributed by atoms with Gasteiger partial charge in [-0.1, -0.05) is 24.3 Å². The molecule has 0 atom stereocenters. The van der Waals surface area contributed by atoms with Crippen LogP contribution in [0.4, 0.5) is 17.1 Å². The summed E-state index contributed by atoms with van der Waals surface area (Å²) in [5.41, 5.74) is 9.80. The van der Waals surface area contributed by atoms with Gasteiger partial charge in [-0.25, -0.2) is 15.1 Å². The quantitative estimate of drug-likeness (QED) is 0.0669. The van der Waals surface area contributed by atoms with E-state index < -0.39 is 5.91 Å². The number of nitrogens with one attached hydrogen (secondary N) is 5. The highest BCUT2D eigenvalue weighted by Gasteiger charge is 2.23. The lowest BCUT2D eigenvalue weighted by Gasteiger charge is -2.19. The number of hydroxylamine groups is 1. The van der Waals surface area contributed by atoms with Crippen molar-refractivity contribution in [3.8, 4) is 11.5 Å². The molecular weight excluding hydrogens is 851 g/mol. The first-order chi connectivity index (χ1) is 31.9. The maximum atomic E-state index is 12.2. The van der Waals surface area contributed by atoms with E-state index in [0.29, 0.717) is 55.1 Å². The zero-order valence-electron chi connectivity index (χ0n) is 36.9. The molecule has 8 rings (SSSR count). The van der Waals surface area contributed by atoms with E-state index in [-0.39, 0.29) is 49.3 Å². The topological polar surface area (TPSA) is 226 Å². The van der Waals surface area contributed by atoms with E-state index in [1.807, 2.05) is 58.3 Å². The van der Waals surface area contributed by atoms with E-state index in [1.165, 1.54) is 14.2 Å². The van der Waals surface area contributed by atoms with Crippen LogP contribution in [-0.2, 0) is 56.6 Å². The molecule has 18 heteroatoms. The number of carbonyl (C=O) groups is 6. The van der Waals surface area contributed by atoms with Crippen LogP contribution < -0.4 is 36.2 Å². The number of hydrogen-bond acceptors (Lipinski definition) is 14. The summed E-state index contributed by atoms with van der Waals surface area (Å²) in [6.45, 7) is 3.65. The van der Waals surface area contributed by atoms with E-state index in [4.69, 9.17) is 19.4 Å². The van der Waals surface area contributed by atoms with Crippen LogP contribution in [0.2, 0.25) is 0 Å². The van der Waals surface area contributed by atoms with Crippen molar-refractivity contribution in [3.05, 3.63) is 148 Å². The van der Waals surface area contributed by atoms with Gasteiger partial charge in [-0.3, -0.25) is 34.2 Å². The van der Waals surface area contributed by atoms with Gasteiger partial charge in [0.1, 0.15) is 11.5 Å². The minimum Gasteiger partial charge on any atom is -0.497 e. The third kappa shape index (κ3) is 13.0. The van der Waals surface area contributed by atoms with E-state index in [1.54, 1.807) is 74.3 Å². The standard InChI is InChI=1S/C19H20N2O4.C18H19N3O4.C11H12N2O3/c1-24-16-6-3-13(4-7-16)10-21-11-15-9-14(19(23)25-2)5-8-17(15)20-18(22)12-21;1-25-15-5-2-12(3-6-15)9-21-10-14-8-13(18(23)20-24)4-7-16(14)19-17(22)11-21;1-16-11(15)7-2-3-9-8(4-7)5-12-6-10(14)13-9/h3-9H,10-12H2,1-2H3,(H,20,22);2-8,24H,9-11H2,1H3,(H,19,22)(H,20,23);2-4,12H,5-6H2,1H3,(H,13,14). The molecule has 0 unspecified atom stereocenters. The minimum absolute atomic E-state index is 0.0712. The summed E-state index contributed by atoms with van der Waals surface area (Å²) in [5, 5.41) is 20.2. The molecule has 0 spiro atoms. The highest BCUT2D eigenvalue weighted by molar-refractivity contribution is 5.98. The van der Waals surface area contributed by atoms with Crippen LogP contribution in [0, 0.1) is 0 Å². The number of amides is 4. The molecule has 344 valence electrons. The number of rotatable bonds is 9. The van der Waals surface area contributed by atoms with Crippen molar-refractivity contribution in [2.75, 3.05) is 64.0 Å². The highest BCUT2D eigenvalue weighted by Crippen LogP contribution is 2.26. The number of hydrogen-bond donors (Lipinski definition) is 6. The second-order valence-corrected chi connectivity index (χ2v) is 15.3. The van der Waals surface area contributed by atoms with Gasteiger partial charge in [0.2, 0.25) is 17.7 Å². The summed E-state index contributed by atoms with van der Waals surface area (Å²) in [6, 6.07) is 30.6. The Morgan fingerprint density at radius 3 is 1.38 bits per heavy atom. The van der Waals surface area contributed by atoms with Crippen LogP contribution in [-0.4, -0.2) is 98.6 Å². The van der Waals surface area contributed by atoms with Crippen LogP contribution in [0.5, 0.6) is 11.5 Å². The van der Waals surface area contributed by atoms with Crippen molar-refractivity contribution in [1.82, 2.24) is 20.6 Å². The van der Waals surface area contributed by atoms with Gasteiger partial charge < -0.3 is 40.2 Å². The van der Waals surface area contributed by atoms with Gasteiger partial charge in [0.05, 0.1) is 59.2 Å². The van der Waals surface area contributed by atoms with Crippen molar-refractivity contribution < 1.29 is 52.9 Å². The average molecular weight is 902 g/mol.